The quantitative estimate of drug-likeness (QED) is 0.584. The van der Waals surface area contributed by atoms with Crippen LogP contribution in [0, 0.1) is 0 Å². The van der Waals surface area contributed by atoms with E-state index in [-0.39, 0.29) is 11.6 Å². The number of nitrogens with zero attached hydrogens (tertiary/aromatic N) is 5. The van der Waals surface area contributed by atoms with E-state index in [0.717, 1.165) is 44.6 Å². The fourth-order valence-corrected chi connectivity index (χ4v) is 5.63. The molecule has 5 rings (SSSR count). The van der Waals surface area contributed by atoms with Crippen molar-refractivity contribution in [2.24, 2.45) is 0 Å². The Morgan fingerprint density at radius 3 is 2.52 bits per heavy atom. The van der Waals surface area contributed by atoms with Gasteiger partial charge < -0.3 is 0 Å². The molecule has 162 valence electrons. The largest absolute Gasteiger partial charge is 0.285 e. The lowest BCUT2D eigenvalue weighted by Crippen LogP contribution is -2.40. The van der Waals surface area contributed by atoms with Crippen LogP contribution in [0.1, 0.15) is 80.1 Å². The van der Waals surface area contributed by atoms with Gasteiger partial charge in [-0.2, -0.15) is 0 Å². The average Bonchev–Trinajstić information content (AvgIpc) is 3.30. The number of aryl methyl sites for hydroxylation is 1. The summed E-state index contributed by atoms with van der Waals surface area (Å²) in [7, 11) is 0. The molecule has 1 unspecified atom stereocenters. The fraction of sp³-hybridized carbons (Fsp3) is 0.500. The van der Waals surface area contributed by atoms with Crippen molar-refractivity contribution >= 4 is 0 Å². The van der Waals surface area contributed by atoms with Crippen LogP contribution in [0.4, 0.5) is 0 Å². The topological polar surface area (TPSA) is 46.8 Å². The van der Waals surface area contributed by atoms with E-state index in [1.807, 2.05) is 0 Å². The van der Waals surface area contributed by atoms with E-state index in [2.05, 4.69) is 87.5 Å². The minimum atomic E-state index is 0.00415. The smallest absolute Gasteiger partial charge is 0.173 e. The molecule has 31 heavy (non-hydrogen) atoms. The fourth-order valence-electron chi connectivity index (χ4n) is 5.63. The lowest BCUT2D eigenvalue weighted by Gasteiger charge is -2.39. The second-order valence-electron chi connectivity index (χ2n) is 9.45. The van der Waals surface area contributed by atoms with Gasteiger partial charge in [-0.05, 0) is 65.3 Å². The number of hydrogen-bond acceptors (Lipinski definition) is 4. The second kappa shape index (κ2) is 8.54. The van der Waals surface area contributed by atoms with Crippen molar-refractivity contribution in [3.63, 3.8) is 0 Å². The Hall–Kier alpha value is -2.53. The first-order valence-corrected chi connectivity index (χ1v) is 11.9. The Kier molecular flexibility index (Phi) is 5.61. The molecule has 2 aromatic carbocycles. The number of aromatic nitrogens is 4. The van der Waals surface area contributed by atoms with E-state index in [4.69, 9.17) is 0 Å². The molecule has 1 aliphatic heterocycles. The molecule has 0 N–H and O–H groups in total. The van der Waals surface area contributed by atoms with Crippen LogP contribution in [-0.4, -0.2) is 31.7 Å². The van der Waals surface area contributed by atoms with E-state index in [0.29, 0.717) is 0 Å². The maximum absolute atomic E-state index is 4.68. The molecule has 2 heterocycles. The van der Waals surface area contributed by atoms with E-state index < -0.39 is 0 Å². The molecule has 1 fully saturated rings. The third kappa shape index (κ3) is 3.80. The summed E-state index contributed by atoms with van der Waals surface area (Å²) in [5, 5.41) is 13.5. The molecule has 5 heteroatoms. The standard InChI is InChI=1S/C26H33N5/c1-3-20-11-7-8-14-23(20)24(30-18-15-21-12-5-6-13-22(21)19-30)25-27-28-29-31(25)26(2)16-9-4-10-17-26/h5-8,11-14,24H,3-4,9-10,15-19H2,1-2H3. The number of rotatable bonds is 5. The van der Waals surface area contributed by atoms with Crippen molar-refractivity contribution in [1.29, 1.82) is 0 Å². The number of benzene rings is 2. The van der Waals surface area contributed by atoms with E-state index in [1.54, 1.807) is 0 Å². The summed E-state index contributed by atoms with van der Waals surface area (Å²) in [4.78, 5) is 2.59. The van der Waals surface area contributed by atoms with Crippen LogP contribution < -0.4 is 0 Å². The number of hydrogen-bond donors (Lipinski definition) is 0. The Morgan fingerprint density at radius 1 is 0.968 bits per heavy atom. The molecule has 0 bridgehead atoms. The lowest BCUT2D eigenvalue weighted by atomic mass is 9.83. The molecule has 1 aromatic heterocycles. The van der Waals surface area contributed by atoms with Gasteiger partial charge in [-0.1, -0.05) is 74.7 Å². The Bertz CT molecular complexity index is 1030. The lowest BCUT2D eigenvalue weighted by molar-refractivity contribution is 0.155. The molecular weight excluding hydrogens is 382 g/mol. The second-order valence-corrected chi connectivity index (χ2v) is 9.45. The van der Waals surface area contributed by atoms with Crippen molar-refractivity contribution in [1.82, 2.24) is 25.1 Å². The van der Waals surface area contributed by atoms with E-state index in [1.165, 1.54) is 41.5 Å². The van der Waals surface area contributed by atoms with Gasteiger partial charge in [-0.15, -0.1) is 5.10 Å². The first-order valence-electron chi connectivity index (χ1n) is 11.9. The maximum Gasteiger partial charge on any atom is 0.173 e. The average molecular weight is 416 g/mol. The van der Waals surface area contributed by atoms with Gasteiger partial charge in [-0.25, -0.2) is 4.68 Å². The maximum atomic E-state index is 4.68. The van der Waals surface area contributed by atoms with Gasteiger partial charge in [0.1, 0.15) is 0 Å². The number of tetrazole rings is 1. The molecule has 0 amide bonds. The van der Waals surface area contributed by atoms with Crippen LogP contribution in [-0.2, 0) is 24.9 Å². The summed E-state index contributed by atoms with van der Waals surface area (Å²) in [5.41, 5.74) is 5.63. The van der Waals surface area contributed by atoms with Crippen molar-refractivity contribution < 1.29 is 0 Å². The van der Waals surface area contributed by atoms with Crippen LogP contribution in [0.3, 0.4) is 0 Å². The molecule has 1 aliphatic carbocycles. The third-order valence-corrected chi connectivity index (χ3v) is 7.44. The van der Waals surface area contributed by atoms with E-state index in [9.17, 15) is 0 Å². The zero-order chi connectivity index (χ0) is 21.3. The zero-order valence-corrected chi connectivity index (χ0v) is 18.8. The van der Waals surface area contributed by atoms with Gasteiger partial charge in [-0.3, -0.25) is 4.90 Å². The minimum absolute atomic E-state index is 0.00415. The van der Waals surface area contributed by atoms with Gasteiger partial charge >= 0.3 is 0 Å². The molecule has 0 radical (unpaired) electrons. The first kappa shape index (κ1) is 20.4. The van der Waals surface area contributed by atoms with Crippen molar-refractivity contribution in [2.75, 3.05) is 6.54 Å². The van der Waals surface area contributed by atoms with Crippen LogP contribution in [0.2, 0.25) is 0 Å². The molecule has 0 saturated heterocycles. The summed E-state index contributed by atoms with van der Waals surface area (Å²) in [6.07, 6.45) is 8.20. The summed E-state index contributed by atoms with van der Waals surface area (Å²) < 4.78 is 2.18. The Morgan fingerprint density at radius 2 is 1.71 bits per heavy atom. The highest BCUT2D eigenvalue weighted by atomic mass is 15.6. The predicted octanol–water partition coefficient (Wildman–Crippen LogP) is 5.06. The van der Waals surface area contributed by atoms with Crippen molar-refractivity contribution in [2.45, 2.75) is 76.9 Å². The highest BCUT2D eigenvalue weighted by Crippen LogP contribution is 2.39. The summed E-state index contributed by atoms with van der Waals surface area (Å²) in [6.45, 7) is 6.54. The highest BCUT2D eigenvalue weighted by Gasteiger charge is 2.38. The van der Waals surface area contributed by atoms with Crippen LogP contribution >= 0.6 is 0 Å². The van der Waals surface area contributed by atoms with Gasteiger partial charge in [0.2, 0.25) is 0 Å². The van der Waals surface area contributed by atoms with E-state index >= 15 is 0 Å². The van der Waals surface area contributed by atoms with Gasteiger partial charge in [0.15, 0.2) is 5.82 Å². The van der Waals surface area contributed by atoms with Crippen molar-refractivity contribution in [3.8, 4) is 0 Å². The Balaban J connectivity index is 1.61. The van der Waals surface area contributed by atoms with Crippen LogP contribution in [0.15, 0.2) is 48.5 Å². The highest BCUT2D eigenvalue weighted by molar-refractivity contribution is 5.36. The van der Waals surface area contributed by atoms with Crippen LogP contribution in [0.5, 0.6) is 0 Å². The molecule has 3 aromatic rings. The predicted molar refractivity (Wildman–Crippen MR) is 123 cm³/mol. The van der Waals surface area contributed by atoms with Gasteiger partial charge in [0.05, 0.1) is 11.6 Å². The minimum Gasteiger partial charge on any atom is -0.285 e. The summed E-state index contributed by atoms with van der Waals surface area (Å²) in [6, 6.07) is 17.8. The van der Waals surface area contributed by atoms with Crippen molar-refractivity contribution in [3.05, 3.63) is 76.6 Å². The molecule has 1 atom stereocenters. The SMILES string of the molecule is CCc1ccccc1C(c1nnnn1C1(C)CCCCC1)N1CCc2ccccc2C1. The third-order valence-electron chi connectivity index (χ3n) is 7.44. The van der Waals surface area contributed by atoms with Gasteiger partial charge in [0, 0.05) is 13.1 Å². The summed E-state index contributed by atoms with van der Waals surface area (Å²) in [5.74, 6) is 1.00. The first-order chi connectivity index (χ1) is 15.2. The zero-order valence-electron chi connectivity index (χ0n) is 18.8. The molecule has 0 spiro atoms. The molecule has 1 saturated carbocycles. The normalized spacial score (nSPS) is 19.7. The monoisotopic (exact) mass is 415 g/mol. The van der Waals surface area contributed by atoms with Crippen LogP contribution in [0.25, 0.3) is 0 Å². The Labute approximate surface area is 185 Å². The number of fused-ring (bicyclic) bond motifs is 1. The molecule has 2 aliphatic rings. The molecule has 5 nitrogen and oxygen atoms in total. The molecular formula is C26H33N5. The van der Waals surface area contributed by atoms with Gasteiger partial charge in [0.25, 0.3) is 0 Å². The summed E-state index contributed by atoms with van der Waals surface area (Å²) >= 11 is 0.